The van der Waals surface area contributed by atoms with Crippen LogP contribution in [0.25, 0.3) is 0 Å². The van der Waals surface area contributed by atoms with Crippen LogP contribution in [-0.4, -0.2) is 24.0 Å². The number of nitrogens with one attached hydrogen (secondary N) is 2. The lowest BCUT2D eigenvalue weighted by Gasteiger charge is -2.09. The number of aromatic nitrogens is 1. The molecule has 0 saturated carbocycles. The summed E-state index contributed by atoms with van der Waals surface area (Å²) in [6.07, 6.45) is 1.38. The van der Waals surface area contributed by atoms with Crippen molar-refractivity contribution >= 4 is 17.4 Å². The second-order valence-corrected chi connectivity index (χ2v) is 3.87. The van der Waals surface area contributed by atoms with Crippen LogP contribution < -0.4 is 16.4 Å². The minimum atomic E-state index is 0.0817. The number of hydrogen-bond donors (Lipinski definition) is 3. The standard InChI is InChI=1S/C12H20N4O/c1-3-11(17)14-7-4-8-15-12-10(13)6-5-9(2)16-12/h5-6H,3-4,7-8,13H2,1-2H3,(H,14,17)(H,15,16). The first kappa shape index (κ1) is 13.3. The molecule has 0 saturated heterocycles. The van der Waals surface area contributed by atoms with Crippen molar-refractivity contribution in [3.63, 3.8) is 0 Å². The highest BCUT2D eigenvalue weighted by Gasteiger charge is 2.00. The lowest BCUT2D eigenvalue weighted by atomic mass is 10.3. The molecule has 1 heterocycles. The summed E-state index contributed by atoms with van der Waals surface area (Å²) in [6.45, 7) is 5.17. The second-order valence-electron chi connectivity index (χ2n) is 3.87. The zero-order chi connectivity index (χ0) is 12.7. The summed E-state index contributed by atoms with van der Waals surface area (Å²) >= 11 is 0. The predicted octanol–water partition coefficient (Wildman–Crippen LogP) is 1.30. The molecule has 0 spiro atoms. The second kappa shape index (κ2) is 6.73. The Hall–Kier alpha value is -1.78. The molecular weight excluding hydrogens is 216 g/mol. The third-order valence-corrected chi connectivity index (χ3v) is 2.35. The monoisotopic (exact) mass is 236 g/mol. The number of aryl methyl sites for hydroxylation is 1. The molecule has 17 heavy (non-hydrogen) atoms. The van der Waals surface area contributed by atoms with Gasteiger partial charge in [-0.3, -0.25) is 4.79 Å². The highest BCUT2D eigenvalue weighted by atomic mass is 16.1. The van der Waals surface area contributed by atoms with Gasteiger partial charge in [-0.2, -0.15) is 0 Å². The van der Waals surface area contributed by atoms with Gasteiger partial charge in [-0.05, 0) is 25.5 Å². The van der Waals surface area contributed by atoms with Crippen molar-refractivity contribution in [1.29, 1.82) is 0 Å². The van der Waals surface area contributed by atoms with Crippen molar-refractivity contribution in [2.75, 3.05) is 24.1 Å². The van der Waals surface area contributed by atoms with Gasteiger partial charge in [-0.1, -0.05) is 6.92 Å². The van der Waals surface area contributed by atoms with Crippen LogP contribution in [0.3, 0.4) is 0 Å². The molecule has 0 aliphatic heterocycles. The summed E-state index contributed by atoms with van der Waals surface area (Å²) in [5.41, 5.74) is 7.36. The summed E-state index contributed by atoms with van der Waals surface area (Å²) in [5, 5.41) is 5.97. The zero-order valence-electron chi connectivity index (χ0n) is 10.4. The van der Waals surface area contributed by atoms with Crippen molar-refractivity contribution < 1.29 is 4.79 Å². The van der Waals surface area contributed by atoms with E-state index < -0.39 is 0 Å². The summed E-state index contributed by atoms with van der Waals surface area (Å²) in [4.78, 5) is 15.3. The number of carbonyl (C=O) groups is 1. The molecule has 1 aromatic rings. The molecule has 1 rings (SSSR count). The average molecular weight is 236 g/mol. The Bertz CT molecular complexity index is 379. The number of nitrogens with zero attached hydrogens (tertiary/aromatic N) is 1. The van der Waals surface area contributed by atoms with Crippen LogP contribution in [0, 0.1) is 6.92 Å². The third kappa shape index (κ3) is 4.72. The summed E-state index contributed by atoms with van der Waals surface area (Å²) in [6, 6.07) is 3.71. The fraction of sp³-hybridized carbons (Fsp3) is 0.500. The fourth-order valence-corrected chi connectivity index (χ4v) is 1.36. The largest absolute Gasteiger partial charge is 0.396 e. The lowest BCUT2D eigenvalue weighted by molar-refractivity contribution is -0.120. The molecule has 0 atom stereocenters. The lowest BCUT2D eigenvalue weighted by Crippen LogP contribution is -2.24. The SMILES string of the molecule is CCC(=O)NCCCNc1nc(C)ccc1N. The van der Waals surface area contributed by atoms with E-state index in [1.54, 1.807) is 0 Å². The van der Waals surface area contributed by atoms with Gasteiger partial charge in [0, 0.05) is 25.2 Å². The van der Waals surface area contributed by atoms with Gasteiger partial charge in [-0.15, -0.1) is 0 Å². The normalized spacial score (nSPS) is 10.0. The fourth-order valence-electron chi connectivity index (χ4n) is 1.36. The van der Waals surface area contributed by atoms with Crippen LogP contribution in [0.4, 0.5) is 11.5 Å². The van der Waals surface area contributed by atoms with E-state index in [0.717, 1.165) is 18.7 Å². The Morgan fingerprint density at radius 1 is 1.41 bits per heavy atom. The van der Waals surface area contributed by atoms with E-state index in [1.807, 2.05) is 26.0 Å². The van der Waals surface area contributed by atoms with E-state index in [0.29, 0.717) is 24.5 Å². The molecule has 94 valence electrons. The molecule has 0 aliphatic carbocycles. The topological polar surface area (TPSA) is 80.0 Å². The molecular formula is C12H20N4O. The van der Waals surface area contributed by atoms with Crippen LogP contribution in [-0.2, 0) is 4.79 Å². The molecule has 0 unspecified atom stereocenters. The highest BCUT2D eigenvalue weighted by molar-refractivity contribution is 5.75. The molecule has 5 nitrogen and oxygen atoms in total. The molecule has 0 aliphatic rings. The van der Waals surface area contributed by atoms with E-state index in [9.17, 15) is 4.79 Å². The van der Waals surface area contributed by atoms with Gasteiger partial charge in [0.15, 0.2) is 0 Å². The number of rotatable bonds is 6. The minimum absolute atomic E-state index is 0.0817. The predicted molar refractivity (Wildman–Crippen MR) is 69.8 cm³/mol. The van der Waals surface area contributed by atoms with Gasteiger partial charge in [0.05, 0.1) is 5.69 Å². The van der Waals surface area contributed by atoms with Crippen molar-refractivity contribution in [2.24, 2.45) is 0 Å². The number of nitrogens with two attached hydrogens (primary N) is 1. The van der Waals surface area contributed by atoms with Gasteiger partial charge in [-0.25, -0.2) is 4.98 Å². The van der Waals surface area contributed by atoms with Crippen molar-refractivity contribution in [2.45, 2.75) is 26.7 Å². The number of pyridine rings is 1. The van der Waals surface area contributed by atoms with Crippen LogP contribution in [0.5, 0.6) is 0 Å². The summed E-state index contributed by atoms with van der Waals surface area (Å²) < 4.78 is 0. The minimum Gasteiger partial charge on any atom is -0.396 e. The number of nitrogen functional groups attached to an aromatic ring is 1. The van der Waals surface area contributed by atoms with Crippen molar-refractivity contribution in [1.82, 2.24) is 10.3 Å². The average Bonchev–Trinajstić information content (AvgIpc) is 2.32. The van der Waals surface area contributed by atoms with Gasteiger partial charge >= 0.3 is 0 Å². The van der Waals surface area contributed by atoms with Crippen molar-refractivity contribution in [3.8, 4) is 0 Å². The summed E-state index contributed by atoms with van der Waals surface area (Å²) in [5.74, 6) is 0.796. The molecule has 1 amide bonds. The number of anilines is 2. The van der Waals surface area contributed by atoms with Gasteiger partial charge in [0.25, 0.3) is 0 Å². The molecule has 0 aromatic carbocycles. The van der Waals surface area contributed by atoms with Crippen LogP contribution in [0.1, 0.15) is 25.5 Å². The zero-order valence-corrected chi connectivity index (χ0v) is 10.4. The van der Waals surface area contributed by atoms with E-state index >= 15 is 0 Å². The summed E-state index contributed by atoms with van der Waals surface area (Å²) in [7, 11) is 0. The quantitative estimate of drug-likeness (QED) is 0.650. The maximum atomic E-state index is 11.0. The van der Waals surface area contributed by atoms with E-state index in [2.05, 4.69) is 15.6 Å². The Labute approximate surface area is 102 Å². The Morgan fingerprint density at radius 3 is 2.88 bits per heavy atom. The number of carbonyl (C=O) groups excluding carboxylic acids is 1. The highest BCUT2D eigenvalue weighted by Crippen LogP contribution is 2.14. The van der Waals surface area contributed by atoms with E-state index in [4.69, 9.17) is 5.73 Å². The number of amides is 1. The maximum absolute atomic E-state index is 11.0. The van der Waals surface area contributed by atoms with Gasteiger partial charge < -0.3 is 16.4 Å². The maximum Gasteiger partial charge on any atom is 0.219 e. The molecule has 1 aromatic heterocycles. The molecule has 0 radical (unpaired) electrons. The van der Waals surface area contributed by atoms with Crippen LogP contribution >= 0.6 is 0 Å². The first-order valence-electron chi connectivity index (χ1n) is 5.87. The molecule has 4 N–H and O–H groups in total. The van der Waals surface area contributed by atoms with Crippen LogP contribution in [0.2, 0.25) is 0 Å². The Kier molecular flexibility index (Phi) is 5.26. The van der Waals surface area contributed by atoms with Crippen molar-refractivity contribution in [3.05, 3.63) is 17.8 Å². The van der Waals surface area contributed by atoms with Crippen LogP contribution in [0.15, 0.2) is 12.1 Å². The van der Waals surface area contributed by atoms with E-state index in [1.165, 1.54) is 0 Å². The first-order valence-corrected chi connectivity index (χ1v) is 5.87. The van der Waals surface area contributed by atoms with E-state index in [-0.39, 0.29) is 5.91 Å². The molecule has 5 heteroatoms. The third-order valence-electron chi connectivity index (χ3n) is 2.35. The van der Waals surface area contributed by atoms with Gasteiger partial charge in [0.1, 0.15) is 5.82 Å². The Morgan fingerprint density at radius 2 is 2.18 bits per heavy atom. The first-order chi connectivity index (χ1) is 8.13. The number of hydrogen-bond acceptors (Lipinski definition) is 4. The smallest absolute Gasteiger partial charge is 0.219 e. The Balaban J connectivity index is 2.26. The van der Waals surface area contributed by atoms with Gasteiger partial charge in [0.2, 0.25) is 5.91 Å². The molecule has 0 fully saturated rings. The molecule has 0 bridgehead atoms.